The molecule has 0 aliphatic heterocycles. The van der Waals surface area contributed by atoms with Crippen molar-refractivity contribution in [3.8, 4) is 0 Å². The highest BCUT2D eigenvalue weighted by molar-refractivity contribution is 4.66. The van der Waals surface area contributed by atoms with Crippen molar-refractivity contribution in [2.45, 2.75) is 158 Å². The second-order valence-electron chi connectivity index (χ2n) is 10.0. The summed E-state index contributed by atoms with van der Waals surface area (Å²) >= 11 is 0. The van der Waals surface area contributed by atoms with Gasteiger partial charge in [-0.2, -0.15) is 0 Å². The van der Waals surface area contributed by atoms with Crippen LogP contribution in [-0.2, 0) is 28.4 Å². The third-order valence-electron chi connectivity index (χ3n) is 6.65. The molecule has 0 rings (SSSR count). The first kappa shape index (κ1) is 39.8. The largest absolute Gasteiger partial charge is 0.356 e. The summed E-state index contributed by atoms with van der Waals surface area (Å²) in [5, 5.41) is 0. The maximum absolute atomic E-state index is 5.80. The van der Waals surface area contributed by atoms with Gasteiger partial charge < -0.3 is 33.3 Å². The van der Waals surface area contributed by atoms with Crippen LogP contribution in [0.15, 0.2) is 0 Å². The van der Waals surface area contributed by atoms with E-state index in [0.717, 1.165) is 0 Å². The fourth-order valence-electron chi connectivity index (χ4n) is 4.19. The summed E-state index contributed by atoms with van der Waals surface area (Å²) in [5.74, 6) is 0. The van der Waals surface area contributed by atoms with Crippen molar-refractivity contribution in [2.75, 3.05) is 41.0 Å². The Bertz CT molecular complexity index is 421. The van der Waals surface area contributed by atoms with Crippen LogP contribution in [-0.4, -0.2) is 88.3 Å². The molecule has 0 radical (unpaired) electrons. The van der Waals surface area contributed by atoms with Gasteiger partial charge in [0.25, 0.3) is 0 Å². The molecule has 6 atom stereocenters. The van der Waals surface area contributed by atoms with E-state index in [4.69, 9.17) is 28.4 Å². The second-order valence-corrected chi connectivity index (χ2v) is 10.0. The fourth-order valence-corrected chi connectivity index (χ4v) is 4.19. The van der Waals surface area contributed by atoms with Gasteiger partial charge in [0.05, 0.1) is 0 Å². The standard InChI is InChI=1S/C15H33NO6.C15H33N/c1-10(20-13(4)17-7)16(11(2)21-14(5)18-8)12(3)22-15(6)19-9;1-4-7-10-13-16(14-11-8-5-2)15-12-9-6-3/h10-15H,1-9H3;4-15H2,1-3H3. The second kappa shape index (κ2) is 26.9. The van der Waals surface area contributed by atoms with Gasteiger partial charge in [-0.15, -0.1) is 0 Å². The SMILES string of the molecule is CCCCCN(CCCCC)CCCCC.COC(C)OC(C)N(C(C)OC(C)OC)C(C)OC(C)OC. The third kappa shape index (κ3) is 21.5. The summed E-state index contributed by atoms with van der Waals surface area (Å²) in [7, 11) is 4.80. The Morgan fingerprint density at radius 1 is 0.447 bits per heavy atom. The molecule has 0 aromatic carbocycles. The predicted octanol–water partition coefficient (Wildman–Crippen LogP) is 7.21. The van der Waals surface area contributed by atoms with Gasteiger partial charge in [-0.3, -0.25) is 0 Å². The molecule has 0 heterocycles. The molecule has 232 valence electrons. The Balaban J connectivity index is 0. The summed E-state index contributed by atoms with van der Waals surface area (Å²) in [5.41, 5.74) is 0. The number of methoxy groups -OCH3 is 3. The molecule has 0 N–H and O–H groups in total. The highest BCUT2D eigenvalue weighted by Gasteiger charge is 2.30. The first-order valence-electron chi connectivity index (χ1n) is 15.2. The lowest BCUT2D eigenvalue weighted by Gasteiger charge is -2.40. The van der Waals surface area contributed by atoms with Crippen molar-refractivity contribution in [3.05, 3.63) is 0 Å². The van der Waals surface area contributed by atoms with Gasteiger partial charge in [0.15, 0.2) is 18.9 Å². The molecule has 0 aromatic rings. The smallest absolute Gasteiger partial charge is 0.156 e. The third-order valence-corrected chi connectivity index (χ3v) is 6.65. The van der Waals surface area contributed by atoms with Crippen molar-refractivity contribution in [1.29, 1.82) is 0 Å². The van der Waals surface area contributed by atoms with Crippen LogP contribution >= 0.6 is 0 Å². The number of rotatable bonds is 24. The zero-order chi connectivity index (χ0) is 29.3. The number of ether oxygens (including phenoxy) is 6. The molecule has 0 bridgehead atoms. The van der Waals surface area contributed by atoms with E-state index in [1.807, 2.05) is 46.4 Å². The zero-order valence-electron chi connectivity index (χ0n) is 27.3. The van der Waals surface area contributed by atoms with Crippen molar-refractivity contribution in [1.82, 2.24) is 9.80 Å². The molecule has 8 nitrogen and oxygen atoms in total. The maximum Gasteiger partial charge on any atom is 0.156 e. The quantitative estimate of drug-likeness (QED) is 0.0922. The highest BCUT2D eigenvalue weighted by atomic mass is 16.7. The van der Waals surface area contributed by atoms with Gasteiger partial charge in [-0.05, 0) is 80.4 Å². The van der Waals surface area contributed by atoms with Gasteiger partial charge in [0.1, 0.15) is 18.7 Å². The van der Waals surface area contributed by atoms with Crippen LogP contribution < -0.4 is 0 Å². The van der Waals surface area contributed by atoms with Crippen LogP contribution in [0.5, 0.6) is 0 Å². The lowest BCUT2D eigenvalue weighted by atomic mass is 10.2. The van der Waals surface area contributed by atoms with Crippen molar-refractivity contribution >= 4 is 0 Å². The average molecular weight is 551 g/mol. The van der Waals surface area contributed by atoms with E-state index in [0.29, 0.717) is 0 Å². The molecule has 0 spiro atoms. The summed E-state index contributed by atoms with van der Waals surface area (Å²) in [4.78, 5) is 4.64. The van der Waals surface area contributed by atoms with Gasteiger partial charge in [0, 0.05) is 21.3 Å². The molecule has 0 amide bonds. The number of nitrogens with zero attached hydrogens (tertiary/aromatic N) is 2. The molecule has 6 unspecified atom stereocenters. The van der Waals surface area contributed by atoms with E-state index < -0.39 is 0 Å². The van der Waals surface area contributed by atoms with E-state index in [-0.39, 0.29) is 37.6 Å². The molecule has 0 saturated heterocycles. The van der Waals surface area contributed by atoms with Crippen LogP contribution in [0.2, 0.25) is 0 Å². The number of hydrogen-bond acceptors (Lipinski definition) is 8. The van der Waals surface area contributed by atoms with Gasteiger partial charge in [0.2, 0.25) is 0 Å². The molecule has 38 heavy (non-hydrogen) atoms. The lowest BCUT2D eigenvalue weighted by Crippen LogP contribution is -2.51. The summed E-state index contributed by atoms with van der Waals surface area (Å²) in [6, 6.07) is 0. The van der Waals surface area contributed by atoms with E-state index in [2.05, 4.69) is 25.7 Å². The minimum absolute atomic E-state index is 0.284. The van der Waals surface area contributed by atoms with Crippen molar-refractivity contribution in [3.63, 3.8) is 0 Å². The van der Waals surface area contributed by atoms with Crippen LogP contribution in [0.3, 0.4) is 0 Å². The molecule has 0 fully saturated rings. The average Bonchev–Trinajstić information content (AvgIpc) is 2.88. The maximum atomic E-state index is 5.80. The molecular formula is C30H66N2O6. The Morgan fingerprint density at radius 3 is 0.921 bits per heavy atom. The zero-order valence-corrected chi connectivity index (χ0v) is 27.3. The summed E-state index contributed by atoms with van der Waals surface area (Å²) in [6.45, 7) is 22.1. The summed E-state index contributed by atoms with van der Waals surface area (Å²) < 4.78 is 32.9. The number of hydrogen-bond donors (Lipinski definition) is 0. The molecule has 0 aromatic heterocycles. The molecule has 8 heteroatoms. The predicted molar refractivity (Wildman–Crippen MR) is 158 cm³/mol. The Hall–Kier alpha value is -0.320. The Labute approximate surface area is 237 Å². The van der Waals surface area contributed by atoms with E-state index in [1.54, 1.807) is 21.3 Å². The summed E-state index contributed by atoms with van der Waals surface area (Å²) in [6.07, 6.45) is 10.6. The van der Waals surface area contributed by atoms with E-state index in [9.17, 15) is 0 Å². The van der Waals surface area contributed by atoms with E-state index >= 15 is 0 Å². The fraction of sp³-hybridized carbons (Fsp3) is 1.00. The Kier molecular flexibility index (Phi) is 28.2. The minimum Gasteiger partial charge on any atom is -0.356 e. The van der Waals surface area contributed by atoms with Crippen LogP contribution in [0.1, 0.15) is 120 Å². The highest BCUT2D eigenvalue weighted by Crippen LogP contribution is 2.18. The Morgan fingerprint density at radius 2 is 0.711 bits per heavy atom. The molecule has 0 aliphatic rings. The monoisotopic (exact) mass is 550 g/mol. The van der Waals surface area contributed by atoms with Crippen molar-refractivity contribution < 1.29 is 28.4 Å². The van der Waals surface area contributed by atoms with Crippen molar-refractivity contribution in [2.24, 2.45) is 0 Å². The first-order valence-corrected chi connectivity index (χ1v) is 15.2. The number of unbranched alkanes of at least 4 members (excludes halogenated alkanes) is 6. The topological polar surface area (TPSA) is 61.9 Å². The van der Waals surface area contributed by atoms with Crippen LogP contribution in [0.25, 0.3) is 0 Å². The molecule has 0 aliphatic carbocycles. The minimum atomic E-state index is -0.336. The lowest BCUT2D eigenvalue weighted by molar-refractivity contribution is -0.291. The van der Waals surface area contributed by atoms with Crippen LogP contribution in [0, 0.1) is 0 Å². The van der Waals surface area contributed by atoms with Gasteiger partial charge >= 0.3 is 0 Å². The molecule has 0 saturated carbocycles. The normalized spacial score (nSPS) is 16.6. The van der Waals surface area contributed by atoms with E-state index in [1.165, 1.54) is 77.4 Å². The van der Waals surface area contributed by atoms with Gasteiger partial charge in [-0.25, -0.2) is 4.90 Å². The molecular weight excluding hydrogens is 484 g/mol. The first-order chi connectivity index (χ1) is 18.1. The van der Waals surface area contributed by atoms with Crippen LogP contribution in [0.4, 0.5) is 0 Å². The van der Waals surface area contributed by atoms with Gasteiger partial charge in [-0.1, -0.05) is 59.3 Å².